The summed E-state index contributed by atoms with van der Waals surface area (Å²) >= 11 is 8.61. The molecule has 0 spiro atoms. The fourth-order valence-corrected chi connectivity index (χ4v) is 3.21. The van der Waals surface area contributed by atoms with Crippen LogP contribution in [0, 0.1) is 17.4 Å². The topological polar surface area (TPSA) is 85.8 Å². The van der Waals surface area contributed by atoms with Crippen molar-refractivity contribution in [1.29, 1.82) is 0 Å². The van der Waals surface area contributed by atoms with Gasteiger partial charge in [0.2, 0.25) is 5.95 Å². The standard InChI is InChI=1S/C15H17ClIN7/c1-7-5-19-9(8(2)11(7)17)6-24-13-10(14(22-24)23(3)4)12(16)20-15(18)21-13/h5H,6H2,1-4H3,(H2,18,20,21). The Hall–Kier alpha value is -1.68. The average molecular weight is 458 g/mol. The Morgan fingerprint density at radius 3 is 2.67 bits per heavy atom. The number of aromatic nitrogens is 5. The van der Waals surface area contributed by atoms with E-state index in [1.807, 2.05) is 32.1 Å². The van der Waals surface area contributed by atoms with E-state index in [0.29, 0.717) is 28.5 Å². The third-order valence-electron chi connectivity index (χ3n) is 3.79. The second-order valence-electron chi connectivity index (χ2n) is 5.77. The molecule has 3 rings (SSSR count). The molecule has 0 saturated carbocycles. The molecule has 0 amide bonds. The zero-order valence-corrected chi connectivity index (χ0v) is 16.7. The number of fused-ring (bicyclic) bond motifs is 1. The van der Waals surface area contributed by atoms with Crippen molar-refractivity contribution in [3.63, 3.8) is 0 Å². The number of aryl methyl sites for hydroxylation is 1. The van der Waals surface area contributed by atoms with Crippen molar-refractivity contribution < 1.29 is 0 Å². The molecule has 3 heterocycles. The number of nitrogens with two attached hydrogens (primary N) is 1. The molecule has 24 heavy (non-hydrogen) atoms. The summed E-state index contributed by atoms with van der Waals surface area (Å²) in [6.45, 7) is 4.60. The molecule has 2 N–H and O–H groups in total. The largest absolute Gasteiger partial charge is 0.368 e. The van der Waals surface area contributed by atoms with Crippen molar-refractivity contribution in [2.24, 2.45) is 0 Å². The second kappa shape index (κ2) is 6.32. The van der Waals surface area contributed by atoms with Crippen LogP contribution < -0.4 is 10.6 Å². The number of hydrogen-bond donors (Lipinski definition) is 1. The van der Waals surface area contributed by atoms with Crippen LogP contribution in [0.3, 0.4) is 0 Å². The van der Waals surface area contributed by atoms with E-state index in [2.05, 4.69) is 49.6 Å². The van der Waals surface area contributed by atoms with Gasteiger partial charge in [0.05, 0.1) is 12.2 Å². The lowest BCUT2D eigenvalue weighted by molar-refractivity contribution is 0.682. The molecule has 0 atom stereocenters. The first-order valence-electron chi connectivity index (χ1n) is 7.27. The highest BCUT2D eigenvalue weighted by Crippen LogP contribution is 2.30. The Morgan fingerprint density at radius 2 is 2.00 bits per heavy atom. The van der Waals surface area contributed by atoms with Gasteiger partial charge in [-0.2, -0.15) is 10.1 Å². The molecule has 7 nitrogen and oxygen atoms in total. The van der Waals surface area contributed by atoms with Crippen LogP contribution >= 0.6 is 34.2 Å². The van der Waals surface area contributed by atoms with Gasteiger partial charge in [0, 0.05) is 23.9 Å². The molecule has 9 heteroatoms. The first kappa shape index (κ1) is 17.2. The van der Waals surface area contributed by atoms with Gasteiger partial charge in [-0.3, -0.25) is 4.98 Å². The van der Waals surface area contributed by atoms with Gasteiger partial charge in [-0.05, 0) is 47.6 Å². The van der Waals surface area contributed by atoms with Crippen LogP contribution in [0.1, 0.15) is 16.8 Å². The van der Waals surface area contributed by atoms with E-state index in [-0.39, 0.29) is 5.95 Å². The van der Waals surface area contributed by atoms with Crippen LogP contribution in [0.5, 0.6) is 0 Å². The molecular formula is C15H17ClIN7. The number of halogens is 2. The van der Waals surface area contributed by atoms with Gasteiger partial charge in [-0.25, -0.2) is 9.67 Å². The Balaban J connectivity index is 2.19. The van der Waals surface area contributed by atoms with Gasteiger partial charge in [0.15, 0.2) is 11.5 Å². The summed E-state index contributed by atoms with van der Waals surface area (Å²) in [7, 11) is 3.80. The van der Waals surface area contributed by atoms with Gasteiger partial charge in [0.25, 0.3) is 0 Å². The first-order chi connectivity index (χ1) is 11.3. The summed E-state index contributed by atoms with van der Waals surface area (Å²) in [4.78, 5) is 14.8. The van der Waals surface area contributed by atoms with Gasteiger partial charge in [-0.1, -0.05) is 11.6 Å². The van der Waals surface area contributed by atoms with Crippen LogP contribution in [0.2, 0.25) is 5.15 Å². The first-order valence-corrected chi connectivity index (χ1v) is 8.72. The van der Waals surface area contributed by atoms with Crippen LogP contribution in [0.4, 0.5) is 11.8 Å². The van der Waals surface area contributed by atoms with E-state index >= 15 is 0 Å². The van der Waals surface area contributed by atoms with Crippen LogP contribution in [-0.2, 0) is 6.54 Å². The van der Waals surface area contributed by atoms with Crippen LogP contribution in [0.15, 0.2) is 6.20 Å². The van der Waals surface area contributed by atoms with Crippen molar-refractivity contribution in [1.82, 2.24) is 24.7 Å². The van der Waals surface area contributed by atoms with Gasteiger partial charge < -0.3 is 10.6 Å². The van der Waals surface area contributed by atoms with E-state index in [9.17, 15) is 0 Å². The second-order valence-corrected chi connectivity index (χ2v) is 7.21. The minimum absolute atomic E-state index is 0.127. The molecule has 0 fully saturated rings. The molecule has 0 saturated heterocycles. The number of pyridine rings is 1. The molecule has 0 aliphatic carbocycles. The third kappa shape index (κ3) is 2.88. The maximum Gasteiger partial charge on any atom is 0.223 e. The summed E-state index contributed by atoms with van der Waals surface area (Å²) in [6.07, 6.45) is 1.87. The Kier molecular flexibility index (Phi) is 4.52. The van der Waals surface area contributed by atoms with E-state index in [4.69, 9.17) is 17.3 Å². The van der Waals surface area contributed by atoms with E-state index in [0.717, 1.165) is 16.8 Å². The summed E-state index contributed by atoms with van der Waals surface area (Å²) < 4.78 is 2.98. The van der Waals surface area contributed by atoms with Crippen molar-refractivity contribution in [3.8, 4) is 0 Å². The lowest BCUT2D eigenvalue weighted by atomic mass is 10.1. The summed E-state index contributed by atoms with van der Waals surface area (Å²) in [6, 6.07) is 0. The number of rotatable bonds is 3. The third-order valence-corrected chi connectivity index (χ3v) is 5.73. The van der Waals surface area contributed by atoms with E-state index < -0.39 is 0 Å². The SMILES string of the molecule is Cc1cnc(Cn2nc(N(C)C)c3c(Cl)nc(N)nc32)c(C)c1I. The molecular weight excluding hydrogens is 441 g/mol. The molecule has 0 bridgehead atoms. The Labute approximate surface area is 158 Å². The maximum absolute atomic E-state index is 6.28. The molecule has 0 radical (unpaired) electrons. The van der Waals surface area contributed by atoms with Crippen molar-refractivity contribution in [2.75, 3.05) is 24.7 Å². The smallest absolute Gasteiger partial charge is 0.223 e. The van der Waals surface area contributed by atoms with Crippen LogP contribution in [0.25, 0.3) is 11.0 Å². The molecule has 0 aliphatic rings. The number of anilines is 2. The van der Waals surface area contributed by atoms with Crippen molar-refractivity contribution in [2.45, 2.75) is 20.4 Å². The number of nitrogen functional groups attached to an aromatic ring is 1. The Bertz CT molecular complexity index is 935. The zero-order valence-electron chi connectivity index (χ0n) is 13.8. The number of nitrogens with zero attached hydrogens (tertiary/aromatic N) is 6. The maximum atomic E-state index is 6.28. The highest BCUT2D eigenvalue weighted by Gasteiger charge is 2.19. The predicted octanol–water partition coefficient (Wildman–Crippen LogP) is 2.79. The fraction of sp³-hybridized carbons (Fsp3) is 0.333. The number of hydrogen-bond acceptors (Lipinski definition) is 6. The summed E-state index contributed by atoms with van der Waals surface area (Å²) in [5.74, 6) is 0.830. The van der Waals surface area contributed by atoms with Crippen molar-refractivity contribution in [3.05, 3.63) is 31.7 Å². The van der Waals surface area contributed by atoms with Crippen molar-refractivity contribution >= 4 is 57.0 Å². The minimum Gasteiger partial charge on any atom is -0.368 e. The lowest BCUT2D eigenvalue weighted by Crippen LogP contribution is -2.12. The fourth-order valence-electron chi connectivity index (χ4n) is 2.50. The summed E-state index contributed by atoms with van der Waals surface area (Å²) in [5.41, 5.74) is 9.61. The quantitative estimate of drug-likeness (QED) is 0.481. The average Bonchev–Trinajstić information content (AvgIpc) is 2.87. The lowest BCUT2D eigenvalue weighted by Gasteiger charge is -2.10. The van der Waals surface area contributed by atoms with Gasteiger partial charge >= 0.3 is 0 Å². The summed E-state index contributed by atoms with van der Waals surface area (Å²) in [5, 5.41) is 5.63. The highest BCUT2D eigenvalue weighted by molar-refractivity contribution is 14.1. The zero-order chi connectivity index (χ0) is 17.6. The van der Waals surface area contributed by atoms with E-state index in [1.54, 1.807) is 4.68 Å². The molecule has 0 aliphatic heterocycles. The molecule has 3 aromatic rings. The molecule has 0 aromatic carbocycles. The predicted molar refractivity (Wildman–Crippen MR) is 105 cm³/mol. The van der Waals surface area contributed by atoms with E-state index in [1.165, 1.54) is 3.57 Å². The van der Waals surface area contributed by atoms with Gasteiger partial charge in [-0.15, -0.1) is 0 Å². The highest BCUT2D eigenvalue weighted by atomic mass is 127. The normalized spacial score (nSPS) is 11.2. The molecule has 126 valence electrons. The molecule has 3 aromatic heterocycles. The van der Waals surface area contributed by atoms with Gasteiger partial charge in [0.1, 0.15) is 10.5 Å². The molecule has 0 unspecified atom stereocenters. The Morgan fingerprint density at radius 1 is 1.29 bits per heavy atom. The minimum atomic E-state index is 0.127. The monoisotopic (exact) mass is 457 g/mol. The van der Waals surface area contributed by atoms with Crippen LogP contribution in [-0.4, -0.2) is 38.8 Å².